The molecule has 116 valence electrons. The van der Waals surface area contributed by atoms with Crippen molar-refractivity contribution in [2.24, 2.45) is 0 Å². The number of amides is 1. The van der Waals surface area contributed by atoms with Gasteiger partial charge in [-0.25, -0.2) is 4.98 Å². The third kappa shape index (κ3) is 2.85. The minimum absolute atomic E-state index is 0.125. The fourth-order valence-corrected chi connectivity index (χ4v) is 2.53. The van der Waals surface area contributed by atoms with E-state index in [1.54, 1.807) is 22.9 Å². The maximum Gasteiger partial charge on any atom is 0.265 e. The van der Waals surface area contributed by atoms with E-state index in [-0.39, 0.29) is 11.1 Å². The molecule has 1 amide bonds. The van der Waals surface area contributed by atoms with Gasteiger partial charge in [-0.3, -0.25) is 14.2 Å². The largest absolute Gasteiger partial charge is 0.355 e. The van der Waals surface area contributed by atoms with E-state index < -0.39 is 5.91 Å². The molecule has 0 fully saturated rings. The molecule has 23 heavy (non-hydrogen) atoms. The first kappa shape index (κ1) is 15.0. The number of carbonyl (C=O) groups is 1. The highest BCUT2D eigenvalue weighted by Gasteiger charge is 2.15. The Morgan fingerprint density at radius 3 is 2.65 bits per heavy atom. The summed E-state index contributed by atoms with van der Waals surface area (Å²) in [7, 11) is 1.51. The first-order chi connectivity index (χ1) is 11.1. The molecule has 1 aromatic carbocycles. The van der Waals surface area contributed by atoms with Crippen molar-refractivity contribution in [3.63, 3.8) is 0 Å². The van der Waals surface area contributed by atoms with E-state index >= 15 is 0 Å². The molecule has 0 aliphatic heterocycles. The molecule has 2 heterocycles. The highest BCUT2D eigenvalue weighted by Crippen LogP contribution is 2.13. The lowest BCUT2D eigenvalue weighted by atomic mass is 10.1. The molecule has 0 unspecified atom stereocenters. The summed E-state index contributed by atoms with van der Waals surface area (Å²) in [5.41, 5.74) is 2.50. The average molecular weight is 307 g/mol. The number of hydrogen-bond acceptors (Lipinski definition) is 3. The molecule has 5 nitrogen and oxygen atoms in total. The molecule has 0 saturated heterocycles. The molecular weight excluding hydrogens is 290 g/mol. The second-order valence-corrected chi connectivity index (χ2v) is 5.43. The highest BCUT2D eigenvalue weighted by atomic mass is 16.2. The van der Waals surface area contributed by atoms with E-state index in [4.69, 9.17) is 0 Å². The van der Waals surface area contributed by atoms with Crippen molar-refractivity contribution in [3.8, 4) is 0 Å². The molecule has 5 heteroatoms. The molecule has 2 aromatic heterocycles. The molecule has 0 aliphatic rings. The maximum absolute atomic E-state index is 12.7. The number of nitrogens with zero attached hydrogens (tertiary/aromatic N) is 2. The van der Waals surface area contributed by atoms with E-state index in [9.17, 15) is 9.59 Å². The van der Waals surface area contributed by atoms with Gasteiger partial charge >= 0.3 is 0 Å². The lowest BCUT2D eigenvalue weighted by molar-refractivity contribution is 0.0961. The molecule has 0 aliphatic carbocycles. The fraction of sp³-hybridized carbons (Fsp3) is 0.167. The Bertz CT molecular complexity index is 927. The Balaban J connectivity index is 2.20. The van der Waals surface area contributed by atoms with Crippen LogP contribution in [0.25, 0.3) is 11.0 Å². The topological polar surface area (TPSA) is 64.0 Å². The molecule has 3 rings (SSSR count). The maximum atomic E-state index is 12.7. The van der Waals surface area contributed by atoms with Crippen LogP contribution in [0.3, 0.4) is 0 Å². The molecule has 1 N–H and O–H groups in total. The minimum atomic E-state index is -0.390. The van der Waals surface area contributed by atoms with Crippen molar-refractivity contribution < 1.29 is 4.79 Å². The first-order valence-electron chi connectivity index (χ1n) is 7.36. The van der Waals surface area contributed by atoms with Crippen LogP contribution in [0.1, 0.15) is 21.5 Å². The van der Waals surface area contributed by atoms with Crippen LogP contribution in [0, 0.1) is 6.92 Å². The lowest BCUT2D eigenvalue weighted by Gasteiger charge is -2.12. The van der Waals surface area contributed by atoms with Crippen LogP contribution in [-0.4, -0.2) is 22.5 Å². The van der Waals surface area contributed by atoms with Crippen LogP contribution in [0.4, 0.5) is 0 Å². The van der Waals surface area contributed by atoms with E-state index in [0.717, 1.165) is 16.5 Å². The van der Waals surface area contributed by atoms with Crippen molar-refractivity contribution in [3.05, 3.63) is 75.7 Å². The predicted molar refractivity (Wildman–Crippen MR) is 89.7 cm³/mol. The summed E-state index contributed by atoms with van der Waals surface area (Å²) in [4.78, 5) is 29.0. The summed E-state index contributed by atoms with van der Waals surface area (Å²) in [6.45, 7) is 2.39. The van der Waals surface area contributed by atoms with Gasteiger partial charge in [0, 0.05) is 18.6 Å². The Hall–Kier alpha value is -2.95. The molecule has 0 bridgehead atoms. The molecule has 0 atom stereocenters. The van der Waals surface area contributed by atoms with Crippen molar-refractivity contribution in [1.29, 1.82) is 0 Å². The Morgan fingerprint density at radius 1 is 1.22 bits per heavy atom. The quantitative estimate of drug-likeness (QED) is 0.806. The van der Waals surface area contributed by atoms with Gasteiger partial charge in [-0.1, -0.05) is 29.8 Å². The molecule has 0 saturated carbocycles. The zero-order chi connectivity index (χ0) is 16.4. The van der Waals surface area contributed by atoms with Gasteiger partial charge in [-0.15, -0.1) is 0 Å². The summed E-state index contributed by atoms with van der Waals surface area (Å²) in [6, 6.07) is 13.2. The van der Waals surface area contributed by atoms with Gasteiger partial charge in [-0.05, 0) is 30.7 Å². The number of nitrogens with one attached hydrogen (secondary N) is 1. The Kier molecular flexibility index (Phi) is 3.93. The SMILES string of the molecule is CNC(=O)c1cc2cccnc2n(Cc2ccc(C)cc2)c1=O. The van der Waals surface area contributed by atoms with E-state index in [1.165, 1.54) is 7.05 Å². The normalized spacial score (nSPS) is 10.7. The summed E-state index contributed by atoms with van der Waals surface area (Å²) < 4.78 is 1.55. The van der Waals surface area contributed by atoms with Crippen LogP contribution in [0.5, 0.6) is 0 Å². The number of pyridine rings is 2. The predicted octanol–water partition coefficient (Wildman–Crippen LogP) is 2.11. The summed E-state index contributed by atoms with van der Waals surface area (Å²) in [5.74, 6) is -0.390. The van der Waals surface area contributed by atoms with Gasteiger partial charge < -0.3 is 5.32 Å². The van der Waals surface area contributed by atoms with Gasteiger partial charge in [-0.2, -0.15) is 0 Å². The summed E-state index contributed by atoms with van der Waals surface area (Å²) in [6.07, 6.45) is 1.65. The van der Waals surface area contributed by atoms with Crippen molar-refractivity contribution in [1.82, 2.24) is 14.9 Å². The van der Waals surface area contributed by atoms with Crippen LogP contribution < -0.4 is 10.9 Å². The molecule has 0 spiro atoms. The van der Waals surface area contributed by atoms with E-state index in [0.29, 0.717) is 12.2 Å². The number of aryl methyl sites for hydroxylation is 1. The number of rotatable bonds is 3. The third-order valence-electron chi connectivity index (χ3n) is 3.78. The third-order valence-corrected chi connectivity index (χ3v) is 3.78. The zero-order valence-electron chi connectivity index (χ0n) is 13.0. The minimum Gasteiger partial charge on any atom is -0.355 e. The van der Waals surface area contributed by atoms with Gasteiger partial charge in [0.1, 0.15) is 11.2 Å². The first-order valence-corrected chi connectivity index (χ1v) is 7.36. The second kappa shape index (κ2) is 6.04. The average Bonchev–Trinajstić information content (AvgIpc) is 2.58. The van der Waals surface area contributed by atoms with Crippen LogP contribution in [0.2, 0.25) is 0 Å². The summed E-state index contributed by atoms with van der Waals surface area (Å²) >= 11 is 0. The smallest absolute Gasteiger partial charge is 0.265 e. The number of hydrogen-bond donors (Lipinski definition) is 1. The van der Waals surface area contributed by atoms with Crippen molar-refractivity contribution >= 4 is 16.9 Å². The Morgan fingerprint density at radius 2 is 1.96 bits per heavy atom. The molecule has 3 aromatic rings. The van der Waals surface area contributed by atoms with Gasteiger partial charge in [0.25, 0.3) is 11.5 Å². The summed E-state index contributed by atoms with van der Waals surface area (Å²) in [5, 5.41) is 3.27. The second-order valence-electron chi connectivity index (χ2n) is 5.43. The van der Waals surface area contributed by atoms with Crippen molar-refractivity contribution in [2.75, 3.05) is 7.05 Å². The lowest BCUT2D eigenvalue weighted by Crippen LogP contribution is -2.32. The highest BCUT2D eigenvalue weighted by molar-refractivity contribution is 5.96. The number of carbonyl (C=O) groups excluding carboxylic acids is 1. The molecule has 0 radical (unpaired) electrons. The number of fused-ring (bicyclic) bond motifs is 1. The van der Waals surface area contributed by atoms with Crippen LogP contribution >= 0.6 is 0 Å². The van der Waals surface area contributed by atoms with Gasteiger partial charge in [0.15, 0.2) is 0 Å². The van der Waals surface area contributed by atoms with Crippen LogP contribution in [-0.2, 0) is 6.54 Å². The molecular formula is C18H17N3O2. The fourth-order valence-electron chi connectivity index (χ4n) is 2.53. The number of benzene rings is 1. The zero-order valence-corrected chi connectivity index (χ0v) is 13.0. The van der Waals surface area contributed by atoms with E-state index in [2.05, 4.69) is 10.3 Å². The van der Waals surface area contributed by atoms with Gasteiger partial charge in [0.2, 0.25) is 0 Å². The monoisotopic (exact) mass is 307 g/mol. The van der Waals surface area contributed by atoms with E-state index in [1.807, 2.05) is 37.3 Å². The van der Waals surface area contributed by atoms with Crippen LogP contribution in [0.15, 0.2) is 53.5 Å². The number of aromatic nitrogens is 2. The van der Waals surface area contributed by atoms with Gasteiger partial charge in [0.05, 0.1) is 6.54 Å². The standard InChI is InChI=1S/C18H17N3O2/c1-12-5-7-13(8-6-12)11-21-16-14(4-3-9-20-16)10-15(18(21)23)17(22)19-2/h3-10H,11H2,1-2H3,(H,19,22). The van der Waals surface area contributed by atoms with Crippen molar-refractivity contribution in [2.45, 2.75) is 13.5 Å². The Labute approximate surface area is 133 Å².